The van der Waals surface area contributed by atoms with Crippen LogP contribution in [0.1, 0.15) is 24.8 Å². The van der Waals surface area contributed by atoms with Crippen LogP contribution in [0.4, 0.5) is 4.79 Å². The summed E-state index contributed by atoms with van der Waals surface area (Å²) in [5.74, 6) is 0.281. The summed E-state index contributed by atoms with van der Waals surface area (Å²) < 4.78 is 10.6. The fourth-order valence-corrected chi connectivity index (χ4v) is 3.03. The lowest BCUT2D eigenvalue weighted by molar-refractivity contribution is -0.143. The Bertz CT molecular complexity index is 605. The number of carboxylic acids is 1. The Morgan fingerprint density at radius 2 is 2.12 bits per heavy atom. The molecule has 1 aromatic carbocycles. The molecule has 0 saturated carbocycles. The van der Waals surface area contributed by atoms with E-state index in [-0.39, 0.29) is 12.6 Å². The second kappa shape index (κ2) is 9.15. The molecule has 0 spiro atoms. The number of piperidine rings is 1. The number of nitrogens with one attached hydrogen (secondary N) is 1. The Morgan fingerprint density at radius 1 is 1.32 bits per heavy atom. The molecular weight excluding hydrogens is 324 g/mol. The van der Waals surface area contributed by atoms with Crippen molar-refractivity contribution < 1.29 is 24.2 Å². The number of carboxylic acid groups (broad SMARTS) is 1. The van der Waals surface area contributed by atoms with E-state index in [4.69, 9.17) is 14.6 Å². The Kier molecular flexibility index (Phi) is 6.91. The number of carbonyl (C=O) groups excluding carboxylic acids is 1. The lowest BCUT2D eigenvalue weighted by atomic mass is 9.99. The molecule has 1 aliphatic rings. The van der Waals surface area contributed by atoms with Crippen molar-refractivity contribution in [2.24, 2.45) is 5.92 Å². The topological polar surface area (TPSA) is 88.1 Å². The van der Waals surface area contributed by atoms with Crippen LogP contribution in [-0.4, -0.2) is 55.9 Å². The second-order valence-electron chi connectivity index (χ2n) is 6.14. The van der Waals surface area contributed by atoms with Crippen LogP contribution >= 0.6 is 0 Å². The van der Waals surface area contributed by atoms with Gasteiger partial charge in [0.25, 0.3) is 0 Å². The monoisotopic (exact) mass is 350 g/mol. The Morgan fingerprint density at radius 3 is 2.80 bits per heavy atom. The maximum Gasteiger partial charge on any atom is 0.317 e. The van der Waals surface area contributed by atoms with Crippen molar-refractivity contribution in [1.29, 1.82) is 0 Å². The quantitative estimate of drug-likeness (QED) is 0.736. The highest BCUT2D eigenvalue weighted by molar-refractivity contribution is 5.76. The van der Waals surface area contributed by atoms with Gasteiger partial charge in [-0.25, -0.2) is 4.79 Å². The van der Waals surface area contributed by atoms with Gasteiger partial charge >= 0.3 is 12.0 Å². The molecule has 7 nitrogen and oxygen atoms in total. The number of hydrogen-bond donors (Lipinski definition) is 2. The van der Waals surface area contributed by atoms with E-state index >= 15 is 0 Å². The fraction of sp³-hybridized carbons (Fsp3) is 0.556. The van der Waals surface area contributed by atoms with Gasteiger partial charge in [-0.15, -0.1) is 0 Å². The molecule has 2 amide bonds. The van der Waals surface area contributed by atoms with Gasteiger partial charge in [0.2, 0.25) is 0 Å². The molecule has 1 saturated heterocycles. The van der Waals surface area contributed by atoms with Crippen molar-refractivity contribution in [3.63, 3.8) is 0 Å². The minimum Gasteiger partial charge on any atom is -0.497 e. The fourth-order valence-electron chi connectivity index (χ4n) is 3.03. The van der Waals surface area contributed by atoms with Crippen LogP contribution in [0.15, 0.2) is 18.2 Å². The summed E-state index contributed by atoms with van der Waals surface area (Å²) in [5.41, 5.74) is 1.03. The molecule has 1 atom stereocenters. The number of rotatable bonds is 7. The maximum absolute atomic E-state index is 12.2. The second-order valence-corrected chi connectivity index (χ2v) is 6.14. The normalized spacial score (nSPS) is 17.0. The molecule has 2 rings (SSSR count). The molecular formula is C18H26N2O5. The average molecular weight is 350 g/mol. The van der Waals surface area contributed by atoms with E-state index in [0.29, 0.717) is 19.5 Å². The predicted octanol–water partition coefficient (Wildman–Crippen LogP) is 2.14. The standard InChI is InChI=1S/C18H26N2O5/c1-24-15-7-8-16(25-2)13(11-15)5-3-9-19-18(23)20-10-4-6-14(12-20)17(21)22/h7-8,11,14H,3-6,9-10,12H2,1-2H3,(H,19,23)(H,21,22). The Balaban J connectivity index is 1.79. The van der Waals surface area contributed by atoms with E-state index in [0.717, 1.165) is 36.3 Å². The van der Waals surface area contributed by atoms with Crippen LogP contribution in [0.25, 0.3) is 0 Å². The number of benzene rings is 1. The van der Waals surface area contributed by atoms with Crippen molar-refractivity contribution in [2.75, 3.05) is 33.9 Å². The molecule has 0 aliphatic carbocycles. The van der Waals surface area contributed by atoms with Crippen LogP contribution in [0.3, 0.4) is 0 Å². The average Bonchev–Trinajstić information content (AvgIpc) is 2.64. The molecule has 0 radical (unpaired) electrons. The lowest BCUT2D eigenvalue weighted by Crippen LogP contribution is -2.47. The number of likely N-dealkylation sites (tertiary alicyclic amines) is 1. The molecule has 1 aliphatic heterocycles. The van der Waals surface area contributed by atoms with Gasteiger partial charge in [-0.05, 0) is 49.4 Å². The highest BCUT2D eigenvalue weighted by Gasteiger charge is 2.27. The van der Waals surface area contributed by atoms with Crippen LogP contribution < -0.4 is 14.8 Å². The number of hydrogen-bond acceptors (Lipinski definition) is 4. The van der Waals surface area contributed by atoms with E-state index < -0.39 is 11.9 Å². The third kappa shape index (κ3) is 5.27. The number of amides is 2. The molecule has 1 unspecified atom stereocenters. The third-order valence-corrected chi connectivity index (χ3v) is 4.44. The van der Waals surface area contributed by atoms with Gasteiger partial charge in [0.1, 0.15) is 11.5 Å². The number of nitrogens with zero attached hydrogens (tertiary/aromatic N) is 1. The summed E-state index contributed by atoms with van der Waals surface area (Å²) in [7, 11) is 3.25. The van der Waals surface area contributed by atoms with Crippen molar-refractivity contribution in [1.82, 2.24) is 10.2 Å². The molecule has 1 heterocycles. The van der Waals surface area contributed by atoms with E-state index in [9.17, 15) is 9.59 Å². The van der Waals surface area contributed by atoms with Crippen LogP contribution in [0, 0.1) is 5.92 Å². The first-order valence-electron chi connectivity index (χ1n) is 8.51. The summed E-state index contributed by atoms with van der Waals surface area (Å²) in [5, 5.41) is 12.0. The first-order valence-corrected chi connectivity index (χ1v) is 8.51. The minimum absolute atomic E-state index is 0.191. The number of aliphatic carboxylic acids is 1. The zero-order valence-electron chi connectivity index (χ0n) is 14.8. The first kappa shape index (κ1) is 18.9. The number of urea groups is 1. The molecule has 0 bridgehead atoms. The SMILES string of the molecule is COc1ccc(OC)c(CCCNC(=O)N2CCCC(C(=O)O)C2)c1. The minimum atomic E-state index is -0.831. The highest BCUT2D eigenvalue weighted by atomic mass is 16.5. The van der Waals surface area contributed by atoms with E-state index in [2.05, 4.69) is 5.32 Å². The third-order valence-electron chi connectivity index (χ3n) is 4.44. The van der Waals surface area contributed by atoms with E-state index in [1.807, 2.05) is 18.2 Å². The summed E-state index contributed by atoms with van der Waals surface area (Å²) in [6.07, 6.45) is 2.87. The molecule has 1 fully saturated rings. The summed E-state index contributed by atoms with van der Waals surface area (Å²) in [6, 6.07) is 5.46. The maximum atomic E-state index is 12.2. The number of carbonyl (C=O) groups is 2. The Hall–Kier alpha value is -2.44. The van der Waals surface area contributed by atoms with Crippen molar-refractivity contribution in [3.05, 3.63) is 23.8 Å². The molecule has 0 aromatic heterocycles. The van der Waals surface area contributed by atoms with Crippen LogP contribution in [0.2, 0.25) is 0 Å². The number of aryl methyl sites for hydroxylation is 1. The summed E-state index contributed by atoms with van der Waals surface area (Å²) >= 11 is 0. The molecule has 7 heteroatoms. The van der Waals surface area contributed by atoms with Gasteiger partial charge in [0.05, 0.1) is 20.1 Å². The van der Waals surface area contributed by atoms with Gasteiger partial charge in [0, 0.05) is 19.6 Å². The van der Waals surface area contributed by atoms with Crippen molar-refractivity contribution in [2.45, 2.75) is 25.7 Å². The zero-order chi connectivity index (χ0) is 18.2. The van der Waals surface area contributed by atoms with E-state index in [1.165, 1.54) is 0 Å². The number of methoxy groups -OCH3 is 2. The smallest absolute Gasteiger partial charge is 0.317 e. The lowest BCUT2D eigenvalue weighted by Gasteiger charge is -2.30. The summed E-state index contributed by atoms with van der Waals surface area (Å²) in [6.45, 7) is 1.41. The van der Waals surface area contributed by atoms with Gasteiger partial charge in [-0.2, -0.15) is 0 Å². The van der Waals surface area contributed by atoms with E-state index in [1.54, 1.807) is 19.1 Å². The first-order chi connectivity index (χ1) is 12.0. The van der Waals surface area contributed by atoms with Crippen molar-refractivity contribution in [3.8, 4) is 11.5 Å². The predicted molar refractivity (Wildman–Crippen MR) is 93.2 cm³/mol. The molecule has 2 N–H and O–H groups in total. The van der Waals surface area contributed by atoms with Gasteiger partial charge < -0.3 is 24.8 Å². The molecule has 1 aromatic rings. The van der Waals surface area contributed by atoms with Gasteiger partial charge in [0.15, 0.2) is 0 Å². The van der Waals surface area contributed by atoms with Crippen LogP contribution in [-0.2, 0) is 11.2 Å². The molecule has 138 valence electrons. The largest absolute Gasteiger partial charge is 0.497 e. The highest BCUT2D eigenvalue weighted by Crippen LogP contribution is 2.25. The Labute approximate surface area is 147 Å². The van der Waals surface area contributed by atoms with Gasteiger partial charge in [-0.3, -0.25) is 4.79 Å². The van der Waals surface area contributed by atoms with Crippen molar-refractivity contribution >= 4 is 12.0 Å². The summed E-state index contributed by atoms with van der Waals surface area (Å²) in [4.78, 5) is 24.8. The van der Waals surface area contributed by atoms with Gasteiger partial charge in [-0.1, -0.05) is 0 Å². The van der Waals surface area contributed by atoms with Crippen LogP contribution in [0.5, 0.6) is 11.5 Å². The number of ether oxygens (including phenoxy) is 2. The molecule has 25 heavy (non-hydrogen) atoms. The zero-order valence-corrected chi connectivity index (χ0v) is 14.8.